The number of nitrogens with zero attached hydrogens (tertiary/aromatic N) is 2. The molecule has 1 aromatic carbocycles. The Morgan fingerprint density at radius 1 is 0.818 bits per heavy atom. The molecule has 2 nitrogen and oxygen atoms in total. The molecular formula is C20H28N2. The molecule has 0 unspecified atom stereocenters. The van der Waals surface area contributed by atoms with E-state index in [0.29, 0.717) is 12.3 Å². The van der Waals surface area contributed by atoms with E-state index < -0.39 is 5.41 Å². The number of nitriles is 2. The highest BCUT2D eigenvalue weighted by Gasteiger charge is 2.36. The lowest BCUT2D eigenvalue weighted by Gasteiger charge is -2.41. The third-order valence-corrected chi connectivity index (χ3v) is 4.10. The van der Waals surface area contributed by atoms with E-state index in [0.717, 1.165) is 5.56 Å². The molecule has 0 aliphatic heterocycles. The van der Waals surface area contributed by atoms with Gasteiger partial charge in [0.2, 0.25) is 0 Å². The summed E-state index contributed by atoms with van der Waals surface area (Å²) in [7, 11) is 0. The van der Waals surface area contributed by atoms with Gasteiger partial charge >= 0.3 is 0 Å². The Morgan fingerprint density at radius 2 is 1.23 bits per heavy atom. The van der Waals surface area contributed by atoms with Crippen molar-refractivity contribution in [3.8, 4) is 12.1 Å². The maximum absolute atomic E-state index is 9.13. The topological polar surface area (TPSA) is 47.6 Å². The molecule has 0 N–H and O–H groups in total. The zero-order chi connectivity index (χ0) is 17.2. The van der Waals surface area contributed by atoms with Gasteiger partial charge < -0.3 is 0 Å². The van der Waals surface area contributed by atoms with Gasteiger partial charge in [0.05, 0.1) is 12.1 Å². The van der Waals surface area contributed by atoms with Crippen LogP contribution in [0.4, 0.5) is 0 Å². The first-order chi connectivity index (χ1) is 9.93. The van der Waals surface area contributed by atoms with Crippen LogP contribution in [0.15, 0.2) is 24.3 Å². The molecule has 0 amide bonds. The molecule has 0 aliphatic rings. The quantitative estimate of drug-likeness (QED) is 0.743. The van der Waals surface area contributed by atoms with Crippen molar-refractivity contribution < 1.29 is 0 Å². The van der Waals surface area contributed by atoms with Crippen LogP contribution in [0.2, 0.25) is 0 Å². The standard InChI is InChI=1S/C20H28N2/c1-18(2,3)17(19(4,5)6)16-10-8-15(9-11-16)12-20(7,13-21)14-22/h8-11,17H,12H2,1-7H3. The monoisotopic (exact) mass is 296 g/mol. The van der Waals surface area contributed by atoms with E-state index in [1.54, 1.807) is 6.92 Å². The number of benzene rings is 1. The average molecular weight is 296 g/mol. The van der Waals surface area contributed by atoms with Gasteiger partial charge in [0.15, 0.2) is 0 Å². The maximum atomic E-state index is 9.13. The molecule has 0 bridgehead atoms. The molecule has 0 fully saturated rings. The summed E-state index contributed by atoms with van der Waals surface area (Å²) in [4.78, 5) is 0. The molecule has 0 spiro atoms. The Hall–Kier alpha value is -1.80. The summed E-state index contributed by atoms with van der Waals surface area (Å²) in [5.74, 6) is 0.437. The van der Waals surface area contributed by atoms with Crippen molar-refractivity contribution in [3.05, 3.63) is 35.4 Å². The van der Waals surface area contributed by atoms with E-state index in [1.165, 1.54) is 5.56 Å². The van der Waals surface area contributed by atoms with Crippen molar-refractivity contribution in [2.45, 2.75) is 60.8 Å². The van der Waals surface area contributed by atoms with Gasteiger partial charge in [0, 0.05) is 6.42 Å². The minimum Gasteiger partial charge on any atom is -0.197 e. The van der Waals surface area contributed by atoms with E-state index in [9.17, 15) is 0 Å². The van der Waals surface area contributed by atoms with Gasteiger partial charge in [0.1, 0.15) is 5.41 Å². The first-order valence-electron chi connectivity index (χ1n) is 7.84. The van der Waals surface area contributed by atoms with Crippen molar-refractivity contribution in [2.75, 3.05) is 0 Å². The molecule has 0 saturated carbocycles. The molecule has 0 aromatic heterocycles. The Balaban J connectivity index is 3.12. The summed E-state index contributed by atoms with van der Waals surface area (Å²) in [6, 6.07) is 12.6. The zero-order valence-corrected chi connectivity index (χ0v) is 15.0. The normalized spacial score (nSPS) is 12.8. The molecule has 2 heteroatoms. The van der Waals surface area contributed by atoms with Crippen LogP contribution >= 0.6 is 0 Å². The van der Waals surface area contributed by atoms with Gasteiger partial charge in [-0.15, -0.1) is 0 Å². The molecule has 0 radical (unpaired) electrons. The number of rotatable bonds is 3. The zero-order valence-electron chi connectivity index (χ0n) is 15.0. The lowest BCUT2D eigenvalue weighted by molar-refractivity contribution is 0.176. The van der Waals surface area contributed by atoms with E-state index >= 15 is 0 Å². The van der Waals surface area contributed by atoms with Crippen LogP contribution in [0.1, 0.15) is 65.5 Å². The highest BCUT2D eigenvalue weighted by Crippen LogP contribution is 2.47. The first-order valence-corrected chi connectivity index (χ1v) is 7.84. The Labute approximate surface area is 135 Å². The minimum absolute atomic E-state index is 0.174. The van der Waals surface area contributed by atoms with E-state index in [4.69, 9.17) is 10.5 Å². The molecule has 1 aromatic rings. The number of hydrogen-bond acceptors (Lipinski definition) is 2. The molecule has 1 rings (SSSR count). The second-order valence-electron chi connectivity index (χ2n) is 8.64. The van der Waals surface area contributed by atoms with Crippen LogP contribution < -0.4 is 0 Å². The summed E-state index contributed by atoms with van der Waals surface area (Å²) in [5, 5.41) is 18.3. The van der Waals surface area contributed by atoms with Crippen molar-refractivity contribution in [1.29, 1.82) is 10.5 Å². The average Bonchev–Trinajstić information content (AvgIpc) is 2.37. The summed E-state index contributed by atoms with van der Waals surface area (Å²) in [6.07, 6.45) is 0.468. The SMILES string of the molecule is CC(C#N)(C#N)Cc1ccc(C(C(C)(C)C)C(C)(C)C)cc1. The largest absolute Gasteiger partial charge is 0.197 e. The van der Waals surface area contributed by atoms with Crippen molar-refractivity contribution in [2.24, 2.45) is 16.2 Å². The molecule has 0 aliphatic carbocycles. The lowest BCUT2D eigenvalue weighted by atomic mass is 9.63. The maximum Gasteiger partial charge on any atom is 0.145 e. The fraction of sp³-hybridized carbons (Fsp3) is 0.600. The van der Waals surface area contributed by atoms with E-state index in [2.05, 4.69) is 77.9 Å². The van der Waals surface area contributed by atoms with Gasteiger partial charge in [-0.2, -0.15) is 10.5 Å². The van der Waals surface area contributed by atoms with E-state index in [1.807, 2.05) is 0 Å². The fourth-order valence-electron chi connectivity index (χ4n) is 3.64. The summed E-state index contributed by atoms with van der Waals surface area (Å²) in [5.41, 5.74) is 1.76. The first kappa shape index (κ1) is 18.2. The van der Waals surface area contributed by atoms with Crippen LogP contribution in [0.5, 0.6) is 0 Å². The Kier molecular flexibility index (Phi) is 5.09. The molecule has 22 heavy (non-hydrogen) atoms. The predicted octanol–water partition coefficient (Wildman–Crippen LogP) is 5.46. The number of hydrogen-bond donors (Lipinski definition) is 0. The molecule has 0 heterocycles. The summed E-state index contributed by atoms with van der Waals surface area (Å²) >= 11 is 0. The lowest BCUT2D eigenvalue weighted by Crippen LogP contribution is -2.30. The van der Waals surface area contributed by atoms with Crippen molar-refractivity contribution >= 4 is 0 Å². The Bertz CT molecular complexity index is 555. The smallest absolute Gasteiger partial charge is 0.145 e. The molecular weight excluding hydrogens is 268 g/mol. The fourth-order valence-corrected chi connectivity index (χ4v) is 3.64. The van der Waals surface area contributed by atoms with Crippen LogP contribution in [0.25, 0.3) is 0 Å². The van der Waals surface area contributed by atoms with E-state index in [-0.39, 0.29) is 10.8 Å². The van der Waals surface area contributed by atoms with Crippen LogP contribution in [-0.2, 0) is 6.42 Å². The third kappa shape index (κ3) is 4.35. The second-order valence-corrected chi connectivity index (χ2v) is 8.64. The second kappa shape index (κ2) is 6.13. The van der Waals surface area contributed by atoms with Crippen LogP contribution in [-0.4, -0.2) is 0 Å². The highest BCUT2D eigenvalue weighted by atomic mass is 14.4. The van der Waals surface area contributed by atoms with Gasteiger partial charge in [-0.1, -0.05) is 65.8 Å². The predicted molar refractivity (Wildman–Crippen MR) is 91.1 cm³/mol. The van der Waals surface area contributed by atoms with Crippen molar-refractivity contribution in [1.82, 2.24) is 0 Å². The summed E-state index contributed by atoms with van der Waals surface area (Å²) in [6.45, 7) is 15.4. The minimum atomic E-state index is -0.949. The molecule has 0 saturated heterocycles. The van der Waals surface area contributed by atoms with Gasteiger partial charge in [-0.05, 0) is 34.8 Å². The van der Waals surface area contributed by atoms with Crippen molar-refractivity contribution in [3.63, 3.8) is 0 Å². The van der Waals surface area contributed by atoms with Gasteiger partial charge in [0.25, 0.3) is 0 Å². The molecule has 0 atom stereocenters. The molecule has 118 valence electrons. The summed E-state index contributed by atoms with van der Waals surface area (Å²) < 4.78 is 0. The van der Waals surface area contributed by atoms with Gasteiger partial charge in [-0.3, -0.25) is 0 Å². The van der Waals surface area contributed by atoms with Gasteiger partial charge in [-0.25, -0.2) is 0 Å². The Morgan fingerprint density at radius 3 is 1.55 bits per heavy atom. The third-order valence-electron chi connectivity index (χ3n) is 4.10. The van der Waals surface area contributed by atoms with Crippen LogP contribution in [0.3, 0.4) is 0 Å². The highest BCUT2D eigenvalue weighted by molar-refractivity contribution is 5.30. The van der Waals surface area contributed by atoms with Crippen LogP contribution in [0, 0.1) is 38.9 Å².